The Labute approximate surface area is 126 Å². The van der Waals surface area contributed by atoms with Crippen molar-refractivity contribution in [1.29, 1.82) is 0 Å². The Morgan fingerprint density at radius 3 is 2.12 bits per heavy atom. The normalized spacial score (nSPS) is 12.8. The van der Waals surface area contributed by atoms with Gasteiger partial charge in [0.05, 0.1) is 6.61 Å². The number of aryl methyl sites for hydroxylation is 1. The van der Waals surface area contributed by atoms with Gasteiger partial charge in [-0.05, 0) is 24.0 Å². The van der Waals surface area contributed by atoms with E-state index in [1.165, 1.54) is 0 Å². The minimum absolute atomic E-state index is 0.167. The van der Waals surface area contributed by atoms with E-state index in [4.69, 9.17) is 58.0 Å². The van der Waals surface area contributed by atoms with E-state index < -0.39 is 8.13 Å². The SMILES string of the molecule is [O]CCCc1ccccc1C(Cl)(Cl)C(Cl)(Cl)Cl. The Kier molecular flexibility index (Phi) is 5.71. The molecule has 0 aromatic heterocycles. The van der Waals surface area contributed by atoms with Gasteiger partial charge in [0, 0.05) is 0 Å². The summed E-state index contributed by atoms with van der Waals surface area (Å²) >= 11 is 29.5. The molecule has 1 aromatic rings. The van der Waals surface area contributed by atoms with Crippen LogP contribution in [0.2, 0.25) is 0 Å². The molecule has 1 rings (SSSR count). The first kappa shape index (κ1) is 15.7. The molecule has 0 heterocycles. The maximum Gasteiger partial charge on any atom is 0.227 e. The van der Waals surface area contributed by atoms with Gasteiger partial charge in [-0.15, -0.1) is 0 Å². The Morgan fingerprint density at radius 1 is 1.00 bits per heavy atom. The number of hydrogen-bond donors (Lipinski definition) is 0. The van der Waals surface area contributed by atoms with Gasteiger partial charge in [-0.3, -0.25) is 0 Å². The van der Waals surface area contributed by atoms with Crippen LogP contribution in [-0.2, 0) is 15.9 Å². The molecular weight excluding hydrogens is 325 g/mol. The highest BCUT2D eigenvalue weighted by molar-refractivity contribution is 6.75. The second kappa shape index (κ2) is 6.18. The highest BCUT2D eigenvalue weighted by Crippen LogP contribution is 2.53. The standard InChI is InChI=1S/C11H10Cl5O/c12-10(13,11(14,15)16)9-6-2-1-4-8(9)5-3-7-17/h1-2,4,6H,3,5,7H2. The van der Waals surface area contributed by atoms with Crippen molar-refractivity contribution in [3.05, 3.63) is 35.4 Å². The minimum atomic E-state index is -1.84. The molecule has 95 valence electrons. The van der Waals surface area contributed by atoms with Crippen LogP contribution in [0, 0.1) is 0 Å². The lowest BCUT2D eigenvalue weighted by Gasteiger charge is -2.29. The Balaban J connectivity index is 3.12. The second-order valence-corrected chi connectivity index (χ2v) is 7.15. The van der Waals surface area contributed by atoms with Gasteiger partial charge in [0.15, 0.2) is 4.33 Å². The van der Waals surface area contributed by atoms with Crippen LogP contribution < -0.4 is 0 Å². The van der Waals surface area contributed by atoms with Crippen LogP contribution in [0.4, 0.5) is 0 Å². The van der Waals surface area contributed by atoms with E-state index in [1.807, 2.05) is 12.1 Å². The van der Waals surface area contributed by atoms with Crippen LogP contribution in [-0.4, -0.2) is 10.4 Å². The first-order chi connectivity index (χ1) is 7.80. The first-order valence-electron chi connectivity index (χ1n) is 4.91. The smallest absolute Gasteiger partial charge is 0.227 e. The molecule has 0 saturated carbocycles. The first-order valence-corrected chi connectivity index (χ1v) is 6.80. The molecule has 0 unspecified atom stereocenters. The molecule has 1 radical (unpaired) electrons. The third-order valence-corrected chi connectivity index (χ3v) is 4.71. The summed E-state index contributed by atoms with van der Waals surface area (Å²) in [6.45, 7) is -0.167. The molecule has 0 aliphatic rings. The largest absolute Gasteiger partial charge is 0.237 e. The van der Waals surface area contributed by atoms with Crippen LogP contribution in [0.1, 0.15) is 17.5 Å². The molecule has 0 atom stereocenters. The van der Waals surface area contributed by atoms with Crippen LogP contribution in [0.3, 0.4) is 0 Å². The van der Waals surface area contributed by atoms with Crippen molar-refractivity contribution >= 4 is 58.0 Å². The zero-order chi connectivity index (χ0) is 13.1. The van der Waals surface area contributed by atoms with Crippen molar-refractivity contribution in [3.8, 4) is 0 Å². The van der Waals surface area contributed by atoms with Crippen LogP contribution in [0.5, 0.6) is 0 Å². The molecule has 1 aromatic carbocycles. The molecule has 0 amide bonds. The average Bonchev–Trinajstić information content (AvgIpc) is 2.25. The summed E-state index contributed by atoms with van der Waals surface area (Å²) in [5, 5.41) is 10.5. The molecule has 0 aliphatic heterocycles. The molecular formula is C11H10Cl5O. The van der Waals surface area contributed by atoms with Gasteiger partial charge in [-0.25, -0.2) is 5.11 Å². The number of rotatable bonds is 4. The third kappa shape index (κ3) is 3.79. The zero-order valence-corrected chi connectivity index (χ0v) is 12.5. The van der Waals surface area contributed by atoms with E-state index >= 15 is 0 Å². The zero-order valence-electron chi connectivity index (χ0n) is 8.73. The lowest BCUT2D eigenvalue weighted by Crippen LogP contribution is -2.29. The van der Waals surface area contributed by atoms with Gasteiger partial charge >= 0.3 is 0 Å². The van der Waals surface area contributed by atoms with E-state index in [0.29, 0.717) is 18.4 Å². The lowest BCUT2D eigenvalue weighted by molar-refractivity contribution is 0.189. The molecule has 1 nitrogen and oxygen atoms in total. The van der Waals surface area contributed by atoms with Crippen molar-refractivity contribution in [1.82, 2.24) is 0 Å². The Morgan fingerprint density at radius 2 is 1.59 bits per heavy atom. The van der Waals surface area contributed by atoms with Crippen molar-refractivity contribution in [3.63, 3.8) is 0 Å². The number of hydrogen-bond acceptors (Lipinski definition) is 0. The number of halogens is 5. The van der Waals surface area contributed by atoms with Gasteiger partial charge in [-0.1, -0.05) is 82.3 Å². The summed E-state index contributed by atoms with van der Waals surface area (Å²) in [7, 11) is 0. The van der Waals surface area contributed by atoms with Gasteiger partial charge in [0.1, 0.15) is 0 Å². The quantitative estimate of drug-likeness (QED) is 0.686. The van der Waals surface area contributed by atoms with Crippen molar-refractivity contribution < 1.29 is 5.11 Å². The maximum atomic E-state index is 10.5. The molecule has 0 aliphatic carbocycles. The molecule has 6 heteroatoms. The summed E-state index contributed by atoms with van der Waals surface area (Å²) in [5.41, 5.74) is 1.34. The van der Waals surface area contributed by atoms with E-state index in [1.54, 1.807) is 12.1 Å². The van der Waals surface area contributed by atoms with E-state index in [2.05, 4.69) is 0 Å². The predicted molar refractivity (Wildman–Crippen MR) is 74.0 cm³/mol. The van der Waals surface area contributed by atoms with Crippen molar-refractivity contribution in [2.24, 2.45) is 0 Å². The minimum Gasteiger partial charge on any atom is -0.237 e. The van der Waals surface area contributed by atoms with Crippen LogP contribution in [0.15, 0.2) is 24.3 Å². The molecule has 0 saturated heterocycles. The van der Waals surface area contributed by atoms with Gasteiger partial charge in [0.25, 0.3) is 0 Å². The summed E-state index contributed by atoms with van der Waals surface area (Å²) < 4.78 is -3.49. The average molecular weight is 335 g/mol. The molecule has 17 heavy (non-hydrogen) atoms. The highest BCUT2D eigenvalue weighted by Gasteiger charge is 2.48. The maximum absolute atomic E-state index is 10.5. The van der Waals surface area contributed by atoms with E-state index in [-0.39, 0.29) is 6.61 Å². The predicted octanol–water partition coefficient (Wildman–Crippen LogP) is 5.05. The van der Waals surface area contributed by atoms with E-state index in [9.17, 15) is 5.11 Å². The fourth-order valence-corrected chi connectivity index (χ4v) is 2.13. The summed E-state index contributed by atoms with van der Waals surface area (Å²) in [6, 6.07) is 7.10. The molecule has 0 fully saturated rings. The van der Waals surface area contributed by atoms with Crippen molar-refractivity contribution in [2.45, 2.75) is 21.0 Å². The topological polar surface area (TPSA) is 19.9 Å². The van der Waals surface area contributed by atoms with Crippen LogP contribution in [0.25, 0.3) is 0 Å². The fraction of sp³-hybridized carbons (Fsp3) is 0.455. The van der Waals surface area contributed by atoms with E-state index in [0.717, 1.165) is 5.56 Å². The van der Waals surface area contributed by atoms with Crippen molar-refractivity contribution in [2.75, 3.05) is 6.61 Å². The third-order valence-electron chi connectivity index (χ3n) is 2.30. The summed E-state index contributed by atoms with van der Waals surface area (Å²) in [6.07, 6.45) is 1.04. The number of alkyl halides is 5. The Bertz CT molecular complexity index is 372. The fourth-order valence-electron chi connectivity index (χ4n) is 1.46. The molecule has 0 bridgehead atoms. The monoisotopic (exact) mass is 333 g/mol. The number of benzene rings is 1. The Hall–Kier alpha value is 0.630. The highest BCUT2D eigenvalue weighted by atomic mass is 35.6. The summed E-state index contributed by atoms with van der Waals surface area (Å²) in [5.74, 6) is 0. The second-order valence-electron chi connectivity index (χ2n) is 3.54. The molecule has 0 spiro atoms. The molecule has 0 N–H and O–H groups in total. The van der Waals surface area contributed by atoms with Gasteiger partial charge < -0.3 is 0 Å². The van der Waals surface area contributed by atoms with Gasteiger partial charge in [0.2, 0.25) is 3.79 Å². The van der Waals surface area contributed by atoms with Crippen LogP contribution >= 0.6 is 58.0 Å². The van der Waals surface area contributed by atoms with Gasteiger partial charge in [-0.2, -0.15) is 0 Å². The summed E-state index contributed by atoms with van der Waals surface area (Å²) in [4.78, 5) is 0. The lowest BCUT2D eigenvalue weighted by atomic mass is 10.0.